The van der Waals surface area contributed by atoms with E-state index >= 15 is 0 Å². The molecule has 1 aromatic rings. The van der Waals surface area contributed by atoms with Crippen LogP contribution in [0.1, 0.15) is 20.3 Å². The number of nitrogens with two attached hydrogens (primary N) is 1. The Morgan fingerprint density at radius 2 is 2.31 bits per heavy atom. The molecule has 5 nitrogen and oxygen atoms in total. The predicted octanol–water partition coefficient (Wildman–Crippen LogP) is 0.373. The molecule has 0 bridgehead atoms. The lowest BCUT2D eigenvalue weighted by Gasteiger charge is -2.20. The predicted molar refractivity (Wildman–Crippen MR) is 62.7 cm³/mol. The molecule has 1 rings (SSSR count). The second-order valence-corrected chi connectivity index (χ2v) is 4.20. The summed E-state index contributed by atoms with van der Waals surface area (Å²) in [6.07, 6.45) is 5.71. The first-order valence-electron chi connectivity index (χ1n) is 5.58. The molecule has 0 saturated heterocycles. The third-order valence-electron chi connectivity index (χ3n) is 2.56. The molecule has 0 saturated carbocycles. The molecular weight excluding hydrogens is 204 g/mol. The minimum atomic E-state index is 0.0397. The van der Waals surface area contributed by atoms with Crippen LogP contribution in [-0.4, -0.2) is 28.0 Å². The molecule has 0 aliphatic carbocycles. The zero-order valence-corrected chi connectivity index (χ0v) is 9.89. The van der Waals surface area contributed by atoms with Gasteiger partial charge in [0.1, 0.15) is 0 Å². The van der Waals surface area contributed by atoms with Crippen molar-refractivity contribution >= 4 is 5.91 Å². The van der Waals surface area contributed by atoms with Crippen LogP contribution in [0.15, 0.2) is 18.7 Å². The minimum absolute atomic E-state index is 0.0397. The van der Waals surface area contributed by atoms with Gasteiger partial charge in [-0.1, -0.05) is 13.8 Å². The Morgan fingerprint density at radius 1 is 1.56 bits per heavy atom. The Bertz CT molecular complexity index is 308. The Labute approximate surface area is 96.0 Å². The van der Waals surface area contributed by atoms with Crippen LogP contribution < -0.4 is 11.1 Å². The lowest BCUT2D eigenvalue weighted by Crippen LogP contribution is -2.43. The van der Waals surface area contributed by atoms with E-state index in [1.165, 1.54) is 0 Å². The molecule has 0 radical (unpaired) electrons. The van der Waals surface area contributed by atoms with Crippen molar-refractivity contribution in [3.8, 4) is 0 Å². The molecule has 1 amide bonds. The first-order chi connectivity index (χ1) is 7.63. The molecule has 0 fully saturated rings. The fourth-order valence-corrected chi connectivity index (χ4v) is 1.43. The van der Waals surface area contributed by atoms with E-state index < -0.39 is 0 Å². The molecule has 1 atom stereocenters. The molecule has 1 aromatic heterocycles. The van der Waals surface area contributed by atoms with Crippen molar-refractivity contribution in [2.24, 2.45) is 11.7 Å². The standard InChI is InChI=1S/C11H20N4O/c1-9(2)10(7-12)14-11(16)3-5-15-6-4-13-8-15/h4,6,8-10H,3,5,7,12H2,1-2H3,(H,14,16). The van der Waals surface area contributed by atoms with Crippen LogP contribution in [-0.2, 0) is 11.3 Å². The van der Waals surface area contributed by atoms with E-state index in [2.05, 4.69) is 10.3 Å². The van der Waals surface area contributed by atoms with Crippen LogP contribution in [0.5, 0.6) is 0 Å². The highest BCUT2D eigenvalue weighted by Crippen LogP contribution is 2.00. The van der Waals surface area contributed by atoms with Gasteiger partial charge in [-0.25, -0.2) is 4.98 Å². The molecule has 1 unspecified atom stereocenters. The van der Waals surface area contributed by atoms with Crippen LogP contribution in [0.4, 0.5) is 0 Å². The summed E-state index contributed by atoms with van der Waals surface area (Å²) in [6.45, 7) is 5.23. The van der Waals surface area contributed by atoms with Crippen LogP contribution in [0.25, 0.3) is 0 Å². The molecule has 5 heteroatoms. The van der Waals surface area contributed by atoms with Crippen molar-refractivity contribution in [1.82, 2.24) is 14.9 Å². The normalized spacial score (nSPS) is 12.8. The van der Waals surface area contributed by atoms with Crippen molar-refractivity contribution in [1.29, 1.82) is 0 Å². The van der Waals surface area contributed by atoms with Gasteiger partial charge in [0.2, 0.25) is 5.91 Å². The van der Waals surface area contributed by atoms with Gasteiger partial charge in [0, 0.05) is 37.9 Å². The number of nitrogens with zero attached hydrogens (tertiary/aromatic N) is 2. The Kier molecular flexibility index (Phi) is 4.98. The third-order valence-corrected chi connectivity index (χ3v) is 2.56. The van der Waals surface area contributed by atoms with Crippen molar-refractivity contribution in [3.05, 3.63) is 18.7 Å². The fourth-order valence-electron chi connectivity index (χ4n) is 1.43. The Morgan fingerprint density at radius 3 is 2.81 bits per heavy atom. The van der Waals surface area contributed by atoms with Gasteiger partial charge >= 0.3 is 0 Å². The highest BCUT2D eigenvalue weighted by molar-refractivity contribution is 5.76. The number of hydrogen-bond donors (Lipinski definition) is 2. The summed E-state index contributed by atoms with van der Waals surface area (Å²) in [5.74, 6) is 0.403. The van der Waals surface area contributed by atoms with Gasteiger partial charge in [-0.15, -0.1) is 0 Å². The first-order valence-corrected chi connectivity index (χ1v) is 5.58. The number of carbonyl (C=O) groups is 1. The minimum Gasteiger partial charge on any atom is -0.352 e. The molecular formula is C11H20N4O. The van der Waals surface area contributed by atoms with E-state index in [1.54, 1.807) is 12.5 Å². The molecule has 3 N–H and O–H groups in total. The van der Waals surface area contributed by atoms with Crippen LogP contribution in [0, 0.1) is 5.92 Å². The van der Waals surface area contributed by atoms with E-state index in [-0.39, 0.29) is 11.9 Å². The number of nitrogens with one attached hydrogen (secondary N) is 1. The van der Waals surface area contributed by atoms with Gasteiger partial charge in [0.25, 0.3) is 0 Å². The third kappa shape index (κ3) is 4.02. The zero-order valence-electron chi connectivity index (χ0n) is 9.89. The summed E-state index contributed by atoms with van der Waals surface area (Å²) in [5, 5.41) is 2.93. The number of hydrogen-bond acceptors (Lipinski definition) is 3. The Balaban J connectivity index is 2.30. The SMILES string of the molecule is CC(C)C(CN)NC(=O)CCn1ccnc1. The molecule has 0 aliphatic rings. The maximum Gasteiger partial charge on any atom is 0.222 e. The second-order valence-electron chi connectivity index (χ2n) is 4.20. The first kappa shape index (κ1) is 12.7. The average molecular weight is 224 g/mol. The fraction of sp³-hybridized carbons (Fsp3) is 0.636. The van der Waals surface area contributed by atoms with E-state index in [0.29, 0.717) is 25.4 Å². The maximum atomic E-state index is 11.6. The number of aromatic nitrogens is 2. The number of rotatable bonds is 6. The lowest BCUT2D eigenvalue weighted by atomic mass is 10.0. The van der Waals surface area contributed by atoms with Crippen LogP contribution in [0.2, 0.25) is 0 Å². The van der Waals surface area contributed by atoms with Crippen LogP contribution >= 0.6 is 0 Å². The number of aryl methyl sites for hydroxylation is 1. The van der Waals surface area contributed by atoms with Gasteiger partial charge in [-0.2, -0.15) is 0 Å². The van der Waals surface area contributed by atoms with E-state index in [9.17, 15) is 4.79 Å². The largest absolute Gasteiger partial charge is 0.352 e. The van der Waals surface area contributed by atoms with Crippen LogP contribution in [0.3, 0.4) is 0 Å². The van der Waals surface area contributed by atoms with Gasteiger partial charge in [-0.3, -0.25) is 4.79 Å². The lowest BCUT2D eigenvalue weighted by molar-refractivity contribution is -0.122. The van der Waals surface area contributed by atoms with E-state index in [1.807, 2.05) is 24.6 Å². The van der Waals surface area contributed by atoms with Gasteiger partial charge in [0.05, 0.1) is 6.33 Å². The van der Waals surface area contributed by atoms with Gasteiger partial charge in [0.15, 0.2) is 0 Å². The quantitative estimate of drug-likeness (QED) is 0.733. The topological polar surface area (TPSA) is 72.9 Å². The highest BCUT2D eigenvalue weighted by Gasteiger charge is 2.13. The van der Waals surface area contributed by atoms with Crippen molar-refractivity contribution in [2.45, 2.75) is 32.9 Å². The Hall–Kier alpha value is -1.36. The average Bonchev–Trinajstić information content (AvgIpc) is 2.75. The van der Waals surface area contributed by atoms with E-state index in [0.717, 1.165) is 0 Å². The number of amides is 1. The number of carbonyl (C=O) groups excluding carboxylic acids is 1. The maximum absolute atomic E-state index is 11.6. The zero-order chi connectivity index (χ0) is 12.0. The molecule has 90 valence electrons. The molecule has 0 spiro atoms. The molecule has 16 heavy (non-hydrogen) atoms. The van der Waals surface area contributed by atoms with Gasteiger partial charge < -0.3 is 15.6 Å². The summed E-state index contributed by atoms with van der Waals surface area (Å²) in [4.78, 5) is 15.5. The van der Waals surface area contributed by atoms with Gasteiger partial charge in [-0.05, 0) is 5.92 Å². The summed E-state index contributed by atoms with van der Waals surface area (Å²) in [6, 6.07) is 0.0651. The highest BCUT2D eigenvalue weighted by atomic mass is 16.1. The van der Waals surface area contributed by atoms with Crippen molar-refractivity contribution < 1.29 is 4.79 Å². The second kappa shape index (κ2) is 6.27. The monoisotopic (exact) mass is 224 g/mol. The summed E-state index contributed by atoms with van der Waals surface area (Å²) in [7, 11) is 0. The number of imidazole rings is 1. The van der Waals surface area contributed by atoms with Crippen molar-refractivity contribution in [3.63, 3.8) is 0 Å². The molecule has 0 aliphatic heterocycles. The molecule has 1 heterocycles. The molecule has 0 aromatic carbocycles. The summed E-state index contributed by atoms with van der Waals surface area (Å²) < 4.78 is 1.88. The van der Waals surface area contributed by atoms with Crippen molar-refractivity contribution in [2.75, 3.05) is 6.54 Å². The smallest absolute Gasteiger partial charge is 0.222 e. The van der Waals surface area contributed by atoms with E-state index in [4.69, 9.17) is 5.73 Å². The summed E-state index contributed by atoms with van der Waals surface area (Å²) in [5.41, 5.74) is 5.58. The summed E-state index contributed by atoms with van der Waals surface area (Å²) >= 11 is 0.